The highest BCUT2D eigenvalue weighted by Crippen LogP contribution is 2.40. The third kappa shape index (κ3) is 4.93. The van der Waals surface area contributed by atoms with Crippen LogP contribution in [0.4, 0.5) is 22.0 Å². The number of alkyl halides is 3. The first kappa shape index (κ1) is 23.4. The SMILES string of the molecule is NCCC1(COCc2cc(-c3ccc(F)cc3F)cc(C(F)(F)F)c2)OCc2ccccc21. The average Bonchev–Trinajstić information content (AvgIpc) is 3.12. The first-order valence-corrected chi connectivity index (χ1v) is 10.4. The van der Waals surface area contributed by atoms with Crippen LogP contribution in [0.2, 0.25) is 0 Å². The Hall–Kier alpha value is -2.81. The summed E-state index contributed by atoms with van der Waals surface area (Å²) in [5.74, 6) is -1.76. The van der Waals surface area contributed by atoms with Gasteiger partial charge in [0.05, 0.1) is 25.4 Å². The van der Waals surface area contributed by atoms with Crippen LogP contribution in [0, 0.1) is 11.6 Å². The van der Waals surface area contributed by atoms with E-state index in [9.17, 15) is 22.0 Å². The molecule has 8 heteroatoms. The first-order valence-electron chi connectivity index (χ1n) is 10.4. The first-order chi connectivity index (χ1) is 15.7. The number of nitrogens with two attached hydrogens (primary N) is 1. The molecule has 3 aromatic rings. The molecule has 0 amide bonds. The molecule has 1 heterocycles. The van der Waals surface area contributed by atoms with E-state index in [1.54, 1.807) is 0 Å². The highest BCUT2D eigenvalue weighted by Gasteiger charge is 2.39. The van der Waals surface area contributed by atoms with Gasteiger partial charge >= 0.3 is 6.18 Å². The minimum atomic E-state index is -4.64. The van der Waals surface area contributed by atoms with Gasteiger partial charge in [-0.3, -0.25) is 0 Å². The van der Waals surface area contributed by atoms with Gasteiger partial charge < -0.3 is 15.2 Å². The van der Waals surface area contributed by atoms with Crippen molar-refractivity contribution in [3.05, 3.63) is 94.6 Å². The quantitative estimate of drug-likeness (QED) is 0.441. The third-order valence-corrected chi connectivity index (χ3v) is 5.73. The minimum Gasteiger partial charge on any atom is -0.373 e. The van der Waals surface area contributed by atoms with Crippen LogP contribution in [0.15, 0.2) is 60.7 Å². The lowest BCUT2D eigenvalue weighted by molar-refractivity contribution is -0.137. The van der Waals surface area contributed by atoms with Gasteiger partial charge in [0.15, 0.2) is 0 Å². The number of rotatable bonds is 7. The number of hydrogen-bond donors (Lipinski definition) is 1. The fourth-order valence-corrected chi connectivity index (χ4v) is 4.17. The second-order valence-electron chi connectivity index (χ2n) is 8.01. The second kappa shape index (κ2) is 9.21. The normalized spacial score (nSPS) is 17.9. The van der Waals surface area contributed by atoms with E-state index >= 15 is 0 Å². The molecule has 0 bridgehead atoms. The van der Waals surface area contributed by atoms with E-state index in [0.29, 0.717) is 25.6 Å². The molecule has 1 atom stereocenters. The van der Waals surface area contributed by atoms with E-state index in [2.05, 4.69) is 0 Å². The summed E-state index contributed by atoms with van der Waals surface area (Å²) in [6.07, 6.45) is -4.16. The Kier molecular flexibility index (Phi) is 6.52. The molecule has 0 fully saturated rings. The smallest absolute Gasteiger partial charge is 0.373 e. The van der Waals surface area contributed by atoms with Gasteiger partial charge in [0, 0.05) is 11.6 Å². The molecule has 0 aliphatic carbocycles. The van der Waals surface area contributed by atoms with Crippen LogP contribution < -0.4 is 5.73 Å². The molecule has 0 saturated carbocycles. The summed E-state index contributed by atoms with van der Waals surface area (Å²) in [5, 5.41) is 0. The molecule has 0 spiro atoms. The lowest BCUT2D eigenvalue weighted by Crippen LogP contribution is -2.34. The van der Waals surface area contributed by atoms with Gasteiger partial charge in [-0.2, -0.15) is 13.2 Å². The van der Waals surface area contributed by atoms with Gasteiger partial charge in [-0.1, -0.05) is 24.3 Å². The molecule has 4 rings (SSSR count). The highest BCUT2D eigenvalue weighted by molar-refractivity contribution is 5.66. The summed E-state index contributed by atoms with van der Waals surface area (Å²) in [6.45, 7) is 0.682. The fraction of sp³-hybridized carbons (Fsp3) is 0.280. The van der Waals surface area contributed by atoms with Gasteiger partial charge in [0.1, 0.15) is 17.2 Å². The number of benzene rings is 3. The minimum absolute atomic E-state index is 0.0138. The van der Waals surface area contributed by atoms with E-state index in [-0.39, 0.29) is 29.9 Å². The van der Waals surface area contributed by atoms with Crippen molar-refractivity contribution in [1.82, 2.24) is 0 Å². The van der Waals surface area contributed by atoms with Crippen molar-refractivity contribution in [2.75, 3.05) is 13.2 Å². The zero-order chi connectivity index (χ0) is 23.6. The Balaban J connectivity index is 1.60. The van der Waals surface area contributed by atoms with Gasteiger partial charge in [-0.25, -0.2) is 8.78 Å². The Bertz CT molecular complexity index is 1140. The molecule has 33 heavy (non-hydrogen) atoms. The summed E-state index contributed by atoms with van der Waals surface area (Å²) in [5.41, 5.74) is 6.10. The fourth-order valence-electron chi connectivity index (χ4n) is 4.17. The second-order valence-corrected chi connectivity index (χ2v) is 8.01. The lowest BCUT2D eigenvalue weighted by atomic mass is 9.90. The molecule has 0 radical (unpaired) electrons. The third-order valence-electron chi connectivity index (χ3n) is 5.73. The van der Waals surface area contributed by atoms with Crippen molar-refractivity contribution in [1.29, 1.82) is 0 Å². The van der Waals surface area contributed by atoms with Crippen LogP contribution >= 0.6 is 0 Å². The van der Waals surface area contributed by atoms with E-state index in [4.69, 9.17) is 15.2 Å². The molecule has 1 aliphatic rings. The van der Waals surface area contributed by atoms with Crippen LogP contribution in [-0.4, -0.2) is 13.2 Å². The molecule has 3 nitrogen and oxygen atoms in total. The summed E-state index contributed by atoms with van der Waals surface area (Å²) in [7, 11) is 0. The number of fused-ring (bicyclic) bond motifs is 1. The van der Waals surface area contributed by atoms with Crippen LogP contribution in [0.5, 0.6) is 0 Å². The van der Waals surface area contributed by atoms with Crippen molar-refractivity contribution in [2.45, 2.75) is 31.4 Å². The lowest BCUT2D eigenvalue weighted by Gasteiger charge is -2.29. The van der Waals surface area contributed by atoms with E-state index in [1.165, 1.54) is 6.07 Å². The van der Waals surface area contributed by atoms with Crippen molar-refractivity contribution in [2.24, 2.45) is 5.73 Å². The van der Waals surface area contributed by atoms with Crippen molar-refractivity contribution in [3.63, 3.8) is 0 Å². The maximum absolute atomic E-state index is 14.2. The number of hydrogen-bond acceptors (Lipinski definition) is 3. The molecule has 3 aromatic carbocycles. The van der Waals surface area contributed by atoms with E-state index in [1.807, 2.05) is 24.3 Å². The van der Waals surface area contributed by atoms with Gasteiger partial charge in [-0.05, 0) is 65.6 Å². The predicted octanol–water partition coefficient (Wildman–Crippen LogP) is 5.94. The van der Waals surface area contributed by atoms with Crippen molar-refractivity contribution in [3.8, 4) is 11.1 Å². The maximum atomic E-state index is 14.2. The average molecular weight is 463 g/mol. The van der Waals surface area contributed by atoms with Crippen molar-refractivity contribution >= 4 is 0 Å². The Morgan fingerprint density at radius 2 is 1.79 bits per heavy atom. The standard InChI is InChI=1S/C25H22F5NO2/c26-20-5-6-21(23(27)12-20)18-9-16(10-19(11-18)25(28,29)30)13-32-15-24(7-8-31)22-4-2-1-3-17(22)14-33-24/h1-6,9-12H,7-8,13-15,31H2. The van der Waals surface area contributed by atoms with Crippen LogP contribution in [0.3, 0.4) is 0 Å². The number of ether oxygens (including phenoxy) is 2. The summed E-state index contributed by atoms with van der Waals surface area (Å²) in [6, 6.07) is 13.6. The summed E-state index contributed by atoms with van der Waals surface area (Å²) >= 11 is 0. The number of halogens is 5. The largest absolute Gasteiger partial charge is 0.416 e. The van der Waals surface area contributed by atoms with Crippen LogP contribution in [0.1, 0.15) is 28.7 Å². The van der Waals surface area contributed by atoms with Gasteiger partial charge in [0.2, 0.25) is 0 Å². The highest BCUT2D eigenvalue weighted by atomic mass is 19.4. The van der Waals surface area contributed by atoms with Crippen LogP contribution in [0.25, 0.3) is 11.1 Å². The Morgan fingerprint density at radius 3 is 2.52 bits per heavy atom. The zero-order valence-corrected chi connectivity index (χ0v) is 17.6. The zero-order valence-electron chi connectivity index (χ0n) is 17.6. The maximum Gasteiger partial charge on any atom is 0.416 e. The molecule has 1 aliphatic heterocycles. The van der Waals surface area contributed by atoms with E-state index in [0.717, 1.165) is 35.4 Å². The Labute approximate surface area is 187 Å². The Morgan fingerprint density at radius 1 is 1.00 bits per heavy atom. The topological polar surface area (TPSA) is 44.5 Å². The van der Waals surface area contributed by atoms with Crippen molar-refractivity contribution < 1.29 is 31.4 Å². The van der Waals surface area contributed by atoms with Gasteiger partial charge in [0.25, 0.3) is 0 Å². The molecular weight excluding hydrogens is 441 g/mol. The summed E-state index contributed by atoms with van der Waals surface area (Å²) in [4.78, 5) is 0. The molecule has 174 valence electrons. The van der Waals surface area contributed by atoms with Crippen LogP contribution in [-0.2, 0) is 34.5 Å². The molecular formula is C25H22F5NO2. The molecule has 0 saturated heterocycles. The predicted molar refractivity (Wildman–Crippen MR) is 113 cm³/mol. The monoisotopic (exact) mass is 463 g/mol. The molecule has 2 N–H and O–H groups in total. The molecule has 0 aromatic heterocycles. The van der Waals surface area contributed by atoms with E-state index < -0.39 is 29.0 Å². The molecule has 1 unspecified atom stereocenters. The summed E-state index contributed by atoms with van der Waals surface area (Å²) < 4.78 is 79.8. The van der Waals surface area contributed by atoms with Gasteiger partial charge in [-0.15, -0.1) is 0 Å².